The molecule has 0 aromatic carbocycles. The van der Waals surface area contributed by atoms with Gasteiger partial charge in [0, 0.05) is 0 Å². The van der Waals surface area contributed by atoms with E-state index in [1.54, 1.807) is 27.7 Å². The van der Waals surface area contributed by atoms with Crippen molar-refractivity contribution in [2.24, 2.45) is 5.41 Å². The molecular weight excluding hydrogens is 260 g/mol. The predicted octanol–water partition coefficient (Wildman–Crippen LogP) is 0.604. The fourth-order valence-corrected chi connectivity index (χ4v) is 3.65. The maximum Gasteiger partial charge on any atom is 0.207 e. The monoisotopic (exact) mass is 278 g/mol. The Bertz CT molecular complexity index is 398. The van der Waals surface area contributed by atoms with Crippen molar-refractivity contribution >= 4 is 11.6 Å². The Morgan fingerprint density at radius 2 is 1.67 bits per heavy atom. The van der Waals surface area contributed by atoms with Crippen molar-refractivity contribution in [3.8, 4) is 0 Å². The summed E-state index contributed by atoms with van der Waals surface area (Å²) in [5.41, 5.74) is -2.17. The number of fused-ring (bicyclic) bond motifs is 3. The summed E-state index contributed by atoms with van der Waals surface area (Å²) in [6, 6.07) is 0. The first-order chi connectivity index (χ1) is 8.11. The van der Waals surface area contributed by atoms with E-state index in [0.717, 1.165) is 0 Å². The Labute approximate surface area is 111 Å². The molecule has 5 atom stereocenters. The molecule has 104 valence electrons. The maximum absolute atomic E-state index is 10.7. The number of halogens is 1. The molecule has 3 fully saturated rings. The minimum atomic E-state index is -1.58. The van der Waals surface area contributed by atoms with E-state index in [1.807, 2.05) is 0 Å². The van der Waals surface area contributed by atoms with E-state index in [4.69, 9.17) is 25.8 Å². The Morgan fingerprint density at radius 3 is 2.22 bits per heavy atom. The van der Waals surface area contributed by atoms with Crippen LogP contribution in [-0.2, 0) is 14.2 Å². The minimum absolute atomic E-state index is 0.223. The molecule has 2 N–H and O–H groups in total. The molecule has 0 aromatic rings. The zero-order chi connectivity index (χ0) is 13.6. The molecule has 3 rings (SSSR count). The van der Waals surface area contributed by atoms with Crippen LogP contribution in [-0.4, -0.2) is 51.6 Å². The molecule has 2 heterocycles. The van der Waals surface area contributed by atoms with E-state index in [2.05, 4.69) is 0 Å². The molecule has 2 aliphatic heterocycles. The highest BCUT2D eigenvalue weighted by atomic mass is 35.5. The van der Waals surface area contributed by atoms with Crippen LogP contribution in [0, 0.1) is 5.41 Å². The number of ether oxygens (including phenoxy) is 3. The number of alkyl halides is 1. The van der Waals surface area contributed by atoms with Crippen molar-refractivity contribution < 1.29 is 24.4 Å². The van der Waals surface area contributed by atoms with Crippen LogP contribution < -0.4 is 0 Å². The smallest absolute Gasteiger partial charge is 0.207 e. The molecule has 1 aliphatic carbocycles. The van der Waals surface area contributed by atoms with E-state index < -0.39 is 40.9 Å². The van der Waals surface area contributed by atoms with Gasteiger partial charge in [-0.25, -0.2) is 0 Å². The van der Waals surface area contributed by atoms with Crippen molar-refractivity contribution in [2.45, 2.75) is 63.2 Å². The lowest BCUT2D eigenvalue weighted by Gasteiger charge is -2.45. The lowest BCUT2D eigenvalue weighted by atomic mass is 9.94. The summed E-state index contributed by atoms with van der Waals surface area (Å²) in [5, 5.41) is 21.1. The van der Waals surface area contributed by atoms with E-state index in [-0.39, 0.29) is 5.88 Å². The van der Waals surface area contributed by atoms with E-state index in [1.165, 1.54) is 0 Å². The first-order valence-corrected chi connectivity index (χ1v) is 6.68. The van der Waals surface area contributed by atoms with Crippen molar-refractivity contribution in [3.63, 3.8) is 0 Å². The van der Waals surface area contributed by atoms with Crippen molar-refractivity contribution in [2.75, 3.05) is 5.88 Å². The minimum Gasteiger partial charge on any atom is -0.381 e. The lowest BCUT2D eigenvalue weighted by Crippen LogP contribution is -2.58. The Kier molecular flexibility index (Phi) is 2.34. The van der Waals surface area contributed by atoms with Gasteiger partial charge in [-0.05, 0) is 13.8 Å². The van der Waals surface area contributed by atoms with Crippen molar-refractivity contribution in [1.82, 2.24) is 0 Å². The van der Waals surface area contributed by atoms with Crippen LogP contribution >= 0.6 is 11.6 Å². The van der Waals surface area contributed by atoms with Gasteiger partial charge in [0.2, 0.25) is 5.79 Å². The van der Waals surface area contributed by atoms with Gasteiger partial charge in [0.05, 0.1) is 11.3 Å². The van der Waals surface area contributed by atoms with Gasteiger partial charge in [-0.2, -0.15) is 0 Å². The van der Waals surface area contributed by atoms with Gasteiger partial charge < -0.3 is 24.4 Å². The van der Waals surface area contributed by atoms with Gasteiger partial charge in [-0.3, -0.25) is 0 Å². The molecule has 1 saturated carbocycles. The van der Waals surface area contributed by atoms with Crippen LogP contribution in [0.5, 0.6) is 0 Å². The number of rotatable bonds is 1. The first-order valence-electron chi connectivity index (χ1n) is 6.15. The summed E-state index contributed by atoms with van der Waals surface area (Å²) in [6.07, 6.45) is -1.58. The second kappa shape index (κ2) is 3.22. The Morgan fingerprint density at radius 1 is 1.06 bits per heavy atom. The van der Waals surface area contributed by atoms with Crippen LogP contribution in [0.4, 0.5) is 0 Å². The van der Waals surface area contributed by atoms with Crippen LogP contribution in [0.1, 0.15) is 27.7 Å². The Hall–Kier alpha value is 0.0900. The summed E-state index contributed by atoms with van der Waals surface area (Å²) in [5.74, 6) is -2.21. The second-order valence-corrected chi connectivity index (χ2v) is 6.68. The molecule has 2 saturated heterocycles. The fraction of sp³-hybridized carbons (Fsp3) is 1.00. The van der Waals surface area contributed by atoms with Gasteiger partial charge in [-0.15, -0.1) is 11.6 Å². The third-order valence-corrected chi connectivity index (χ3v) is 4.94. The normalized spacial score (nSPS) is 55.8. The van der Waals surface area contributed by atoms with Crippen LogP contribution in [0.2, 0.25) is 0 Å². The topological polar surface area (TPSA) is 68.2 Å². The first kappa shape index (κ1) is 13.1. The zero-order valence-corrected chi connectivity index (χ0v) is 11.7. The zero-order valence-electron chi connectivity index (χ0n) is 10.9. The van der Waals surface area contributed by atoms with Crippen LogP contribution in [0.3, 0.4) is 0 Å². The van der Waals surface area contributed by atoms with E-state index >= 15 is 0 Å². The number of hydrogen-bond donors (Lipinski definition) is 2. The van der Waals surface area contributed by atoms with Gasteiger partial charge >= 0.3 is 0 Å². The third kappa shape index (κ3) is 1.16. The van der Waals surface area contributed by atoms with Crippen molar-refractivity contribution in [1.29, 1.82) is 0 Å². The summed E-state index contributed by atoms with van der Waals surface area (Å²) in [6.45, 7) is 7.03. The average Bonchev–Trinajstić information content (AvgIpc) is 2.50. The lowest BCUT2D eigenvalue weighted by molar-refractivity contribution is -0.342. The molecule has 0 unspecified atom stereocenters. The van der Waals surface area contributed by atoms with Crippen LogP contribution in [0.15, 0.2) is 0 Å². The summed E-state index contributed by atoms with van der Waals surface area (Å²) in [7, 11) is 0. The molecule has 0 spiro atoms. The fourth-order valence-electron chi connectivity index (χ4n) is 3.41. The standard InChI is InChI=1S/C12H19ClO5/c1-9(2)11(14)8-7(17-12(9,11)15)6(5-13)16-10(3,4)18-8/h6-8,14-15H,5H2,1-4H3/t6-,7-,8+,11+,12+/m1/s1. The Balaban J connectivity index is 1.98. The largest absolute Gasteiger partial charge is 0.381 e. The van der Waals surface area contributed by atoms with Gasteiger partial charge in [0.25, 0.3) is 0 Å². The number of hydrogen-bond acceptors (Lipinski definition) is 5. The molecule has 0 aromatic heterocycles. The molecule has 5 nitrogen and oxygen atoms in total. The second-order valence-electron chi connectivity index (χ2n) is 6.37. The summed E-state index contributed by atoms with van der Waals surface area (Å²) < 4.78 is 17.0. The highest BCUT2D eigenvalue weighted by Crippen LogP contribution is 2.73. The highest BCUT2D eigenvalue weighted by molar-refractivity contribution is 6.18. The predicted molar refractivity (Wildman–Crippen MR) is 63.1 cm³/mol. The molecular formula is C12H19ClO5. The number of aliphatic hydroxyl groups is 2. The van der Waals surface area contributed by atoms with Gasteiger partial charge in [0.1, 0.15) is 18.3 Å². The SMILES string of the molecule is CC1(C)O[C@H](CCl)[C@H]2O[C@@]3(O)C(C)(C)[C@@]3(O)[C@H]2O1. The van der Waals surface area contributed by atoms with Crippen LogP contribution in [0.25, 0.3) is 0 Å². The average molecular weight is 279 g/mol. The summed E-state index contributed by atoms with van der Waals surface area (Å²) in [4.78, 5) is 0. The van der Waals surface area contributed by atoms with Gasteiger partial charge in [-0.1, -0.05) is 13.8 Å². The molecule has 0 bridgehead atoms. The quantitative estimate of drug-likeness (QED) is 0.688. The van der Waals surface area contributed by atoms with E-state index in [0.29, 0.717) is 0 Å². The van der Waals surface area contributed by atoms with E-state index in [9.17, 15) is 10.2 Å². The highest BCUT2D eigenvalue weighted by Gasteiger charge is 2.93. The molecule has 6 heteroatoms. The molecule has 3 aliphatic rings. The third-order valence-electron chi connectivity index (χ3n) is 4.64. The van der Waals surface area contributed by atoms with Gasteiger partial charge in [0.15, 0.2) is 11.4 Å². The molecule has 0 amide bonds. The molecule has 0 radical (unpaired) electrons. The van der Waals surface area contributed by atoms with Crippen molar-refractivity contribution in [3.05, 3.63) is 0 Å². The summed E-state index contributed by atoms with van der Waals surface area (Å²) >= 11 is 5.87. The maximum atomic E-state index is 10.7. The molecule has 18 heavy (non-hydrogen) atoms.